The van der Waals surface area contributed by atoms with Crippen LogP contribution in [0.1, 0.15) is 67.7 Å². The second kappa shape index (κ2) is 7.08. The maximum Gasteiger partial charge on any atom is 0.0246 e. The largest absolute Gasteiger partial charge is 0.311 e. The van der Waals surface area contributed by atoms with Crippen molar-refractivity contribution in [2.75, 3.05) is 13.1 Å². The molecule has 0 amide bonds. The van der Waals surface area contributed by atoms with Crippen LogP contribution in [-0.2, 0) is 0 Å². The van der Waals surface area contributed by atoms with Crippen molar-refractivity contribution in [3.8, 4) is 0 Å². The molecular weight excluding hydrogens is 232 g/mol. The molecule has 0 aromatic rings. The molecule has 19 heavy (non-hydrogen) atoms. The van der Waals surface area contributed by atoms with Crippen LogP contribution in [0, 0.1) is 11.8 Å². The van der Waals surface area contributed by atoms with Gasteiger partial charge in [0.15, 0.2) is 0 Å². The molecule has 2 nitrogen and oxygen atoms in total. The monoisotopic (exact) mass is 268 g/mol. The van der Waals surface area contributed by atoms with Gasteiger partial charge in [-0.3, -0.25) is 4.90 Å². The van der Waals surface area contributed by atoms with Crippen LogP contribution in [0.25, 0.3) is 0 Å². The highest BCUT2D eigenvalue weighted by Gasteiger charge is 2.35. The van der Waals surface area contributed by atoms with Gasteiger partial charge in [-0.1, -0.05) is 27.7 Å². The Labute approximate surface area is 121 Å². The topological polar surface area (TPSA) is 15.3 Å². The zero-order chi connectivity index (χ0) is 14.6. The fourth-order valence-corrected chi connectivity index (χ4v) is 2.58. The SMILES string of the molecule is CC(C)CCN(C1CC1)C(CNC(C)(C)C)C(C)C. The maximum atomic E-state index is 3.71. The summed E-state index contributed by atoms with van der Waals surface area (Å²) in [6.45, 7) is 18.6. The molecule has 1 aliphatic rings. The lowest BCUT2D eigenvalue weighted by molar-refractivity contribution is 0.128. The van der Waals surface area contributed by atoms with Crippen LogP contribution in [0.3, 0.4) is 0 Å². The van der Waals surface area contributed by atoms with Gasteiger partial charge in [-0.05, 0) is 58.4 Å². The third kappa shape index (κ3) is 6.76. The summed E-state index contributed by atoms with van der Waals surface area (Å²) in [5, 5.41) is 3.71. The van der Waals surface area contributed by atoms with Crippen molar-refractivity contribution in [2.45, 2.75) is 85.4 Å². The lowest BCUT2D eigenvalue weighted by Crippen LogP contribution is -2.51. The second-order valence-electron chi connectivity index (χ2n) is 8.09. The third-order valence-corrected chi connectivity index (χ3v) is 4.02. The van der Waals surface area contributed by atoms with Crippen molar-refractivity contribution >= 4 is 0 Å². The van der Waals surface area contributed by atoms with Crippen molar-refractivity contribution in [1.29, 1.82) is 0 Å². The molecule has 0 spiro atoms. The summed E-state index contributed by atoms with van der Waals surface area (Å²) in [5.74, 6) is 1.53. The van der Waals surface area contributed by atoms with E-state index in [0.717, 1.165) is 24.4 Å². The Kier molecular flexibility index (Phi) is 6.32. The number of hydrogen-bond acceptors (Lipinski definition) is 2. The van der Waals surface area contributed by atoms with E-state index in [1.807, 2.05) is 0 Å². The summed E-state index contributed by atoms with van der Waals surface area (Å²) < 4.78 is 0. The Morgan fingerprint density at radius 3 is 2.05 bits per heavy atom. The Hall–Kier alpha value is -0.0800. The van der Waals surface area contributed by atoms with E-state index in [1.165, 1.54) is 25.8 Å². The van der Waals surface area contributed by atoms with Gasteiger partial charge in [0.2, 0.25) is 0 Å². The lowest BCUT2D eigenvalue weighted by atomic mass is 9.99. The smallest absolute Gasteiger partial charge is 0.0246 e. The van der Waals surface area contributed by atoms with Gasteiger partial charge in [0, 0.05) is 24.2 Å². The summed E-state index contributed by atoms with van der Waals surface area (Å²) in [7, 11) is 0. The third-order valence-electron chi connectivity index (χ3n) is 4.02. The molecule has 0 aromatic heterocycles. The van der Waals surface area contributed by atoms with Crippen molar-refractivity contribution < 1.29 is 0 Å². The molecule has 0 bridgehead atoms. The van der Waals surface area contributed by atoms with E-state index < -0.39 is 0 Å². The highest BCUT2D eigenvalue weighted by atomic mass is 15.2. The minimum absolute atomic E-state index is 0.223. The van der Waals surface area contributed by atoms with Crippen molar-refractivity contribution in [3.05, 3.63) is 0 Å². The minimum Gasteiger partial charge on any atom is -0.311 e. The number of nitrogens with one attached hydrogen (secondary N) is 1. The predicted octanol–water partition coefficient (Wildman–Crippen LogP) is 3.91. The van der Waals surface area contributed by atoms with Gasteiger partial charge in [-0.15, -0.1) is 0 Å². The first-order valence-electron chi connectivity index (χ1n) is 8.21. The molecule has 1 aliphatic carbocycles. The van der Waals surface area contributed by atoms with Gasteiger partial charge >= 0.3 is 0 Å². The molecule has 0 heterocycles. The summed E-state index contributed by atoms with van der Waals surface area (Å²) in [6, 6.07) is 1.55. The molecule has 0 aromatic carbocycles. The van der Waals surface area contributed by atoms with Crippen molar-refractivity contribution in [1.82, 2.24) is 10.2 Å². The second-order valence-corrected chi connectivity index (χ2v) is 8.09. The average molecular weight is 268 g/mol. The molecule has 2 heteroatoms. The Balaban J connectivity index is 2.58. The van der Waals surface area contributed by atoms with E-state index in [0.29, 0.717) is 6.04 Å². The van der Waals surface area contributed by atoms with E-state index in [1.54, 1.807) is 0 Å². The molecule has 0 saturated heterocycles. The van der Waals surface area contributed by atoms with Crippen molar-refractivity contribution in [3.63, 3.8) is 0 Å². The molecule has 1 saturated carbocycles. The Bertz CT molecular complexity index is 248. The molecular formula is C17H36N2. The van der Waals surface area contributed by atoms with Crippen LogP contribution in [0.4, 0.5) is 0 Å². The van der Waals surface area contributed by atoms with Crippen LogP contribution in [0.5, 0.6) is 0 Å². The Morgan fingerprint density at radius 1 is 1.11 bits per heavy atom. The van der Waals surface area contributed by atoms with E-state index >= 15 is 0 Å². The number of nitrogens with zero attached hydrogens (tertiary/aromatic N) is 1. The minimum atomic E-state index is 0.223. The summed E-state index contributed by atoms with van der Waals surface area (Å²) >= 11 is 0. The van der Waals surface area contributed by atoms with Gasteiger partial charge in [0.25, 0.3) is 0 Å². The van der Waals surface area contributed by atoms with Crippen molar-refractivity contribution in [2.24, 2.45) is 11.8 Å². The summed E-state index contributed by atoms with van der Waals surface area (Å²) in [6.07, 6.45) is 4.16. The van der Waals surface area contributed by atoms with Crippen LogP contribution >= 0.6 is 0 Å². The first-order valence-corrected chi connectivity index (χ1v) is 8.21. The van der Waals surface area contributed by atoms with Crippen LogP contribution in [0.2, 0.25) is 0 Å². The number of rotatable bonds is 8. The maximum absolute atomic E-state index is 3.71. The number of hydrogen-bond donors (Lipinski definition) is 1. The van der Waals surface area contributed by atoms with E-state index in [9.17, 15) is 0 Å². The zero-order valence-corrected chi connectivity index (χ0v) is 14.3. The molecule has 1 fully saturated rings. The van der Waals surface area contributed by atoms with E-state index in [4.69, 9.17) is 0 Å². The highest BCUT2D eigenvalue weighted by molar-refractivity contribution is 4.91. The zero-order valence-electron chi connectivity index (χ0n) is 14.3. The van der Waals surface area contributed by atoms with Gasteiger partial charge in [-0.25, -0.2) is 0 Å². The molecule has 1 atom stereocenters. The predicted molar refractivity (Wildman–Crippen MR) is 85.6 cm³/mol. The van der Waals surface area contributed by atoms with Gasteiger partial charge < -0.3 is 5.32 Å². The lowest BCUT2D eigenvalue weighted by Gasteiger charge is -2.37. The molecule has 0 radical (unpaired) electrons. The summed E-state index contributed by atoms with van der Waals surface area (Å²) in [4.78, 5) is 2.80. The van der Waals surface area contributed by atoms with Gasteiger partial charge in [0.05, 0.1) is 0 Å². The van der Waals surface area contributed by atoms with Gasteiger partial charge in [-0.2, -0.15) is 0 Å². The van der Waals surface area contributed by atoms with E-state index in [2.05, 4.69) is 58.7 Å². The molecule has 1 rings (SSSR count). The fraction of sp³-hybridized carbons (Fsp3) is 1.00. The molecule has 114 valence electrons. The van der Waals surface area contributed by atoms with Crippen LogP contribution in [-0.4, -0.2) is 35.6 Å². The quantitative estimate of drug-likeness (QED) is 0.718. The summed E-state index contributed by atoms with van der Waals surface area (Å²) in [5.41, 5.74) is 0.223. The molecule has 1 unspecified atom stereocenters. The molecule has 0 aliphatic heterocycles. The molecule has 1 N–H and O–H groups in total. The van der Waals surface area contributed by atoms with Crippen LogP contribution < -0.4 is 5.32 Å². The normalized spacial score (nSPS) is 18.6. The van der Waals surface area contributed by atoms with Crippen LogP contribution in [0.15, 0.2) is 0 Å². The van der Waals surface area contributed by atoms with E-state index in [-0.39, 0.29) is 5.54 Å². The average Bonchev–Trinajstić information content (AvgIpc) is 3.03. The first-order chi connectivity index (χ1) is 8.70. The Morgan fingerprint density at radius 2 is 1.68 bits per heavy atom. The van der Waals surface area contributed by atoms with Gasteiger partial charge in [0.1, 0.15) is 0 Å². The fourth-order valence-electron chi connectivity index (χ4n) is 2.58. The standard InChI is InChI=1S/C17H36N2/c1-13(2)10-11-19(15-8-9-15)16(14(3)4)12-18-17(5,6)7/h13-16,18H,8-12H2,1-7H3. The first kappa shape index (κ1) is 17.0. The highest BCUT2D eigenvalue weighted by Crippen LogP contribution is 2.31.